The number of aryl methyl sites for hydroxylation is 1. The number of carbonyl (C=O) groups excluding carboxylic acids is 1. The summed E-state index contributed by atoms with van der Waals surface area (Å²) >= 11 is 0. The van der Waals surface area contributed by atoms with Gasteiger partial charge in [-0.15, -0.1) is 0 Å². The quantitative estimate of drug-likeness (QED) is 0.0410. The Bertz CT molecular complexity index is 2340. The number of hydrogen-bond donors (Lipinski definition) is 5. The first-order valence-corrected chi connectivity index (χ1v) is 16.7. The van der Waals surface area contributed by atoms with Crippen molar-refractivity contribution >= 4 is 64.1 Å². The summed E-state index contributed by atoms with van der Waals surface area (Å²) in [5, 5.41) is 16.1. The number of para-hydroxylation sites is 2. The summed E-state index contributed by atoms with van der Waals surface area (Å²) in [4.78, 5) is 38.9. The molecule has 0 aliphatic rings. The molecule has 2 aromatic heterocycles. The van der Waals surface area contributed by atoms with Crippen molar-refractivity contribution in [3.63, 3.8) is 0 Å². The molecule has 266 valence electrons. The third-order valence-corrected chi connectivity index (χ3v) is 7.43. The van der Waals surface area contributed by atoms with Gasteiger partial charge in [0.15, 0.2) is 0 Å². The number of anilines is 10. The van der Waals surface area contributed by atoms with Crippen LogP contribution >= 0.6 is 0 Å². The second-order valence-electron chi connectivity index (χ2n) is 11.6. The molecule has 14 nitrogen and oxygen atoms in total. The summed E-state index contributed by atoms with van der Waals surface area (Å²) < 4.78 is 11.2. The van der Waals surface area contributed by atoms with Crippen LogP contribution < -0.4 is 36.1 Å². The number of rotatable bonds is 14. The van der Waals surface area contributed by atoms with Gasteiger partial charge < -0.3 is 36.1 Å². The van der Waals surface area contributed by atoms with Crippen molar-refractivity contribution in [2.24, 2.45) is 0 Å². The molecule has 0 saturated carbocycles. The molecule has 0 spiro atoms. The molecule has 0 amide bonds. The van der Waals surface area contributed by atoms with E-state index in [1.807, 2.05) is 116 Å². The first-order valence-electron chi connectivity index (χ1n) is 16.7. The highest BCUT2D eigenvalue weighted by molar-refractivity contribution is 5.83. The van der Waals surface area contributed by atoms with Crippen LogP contribution in [-0.2, 0) is 4.79 Å². The van der Waals surface area contributed by atoms with Crippen molar-refractivity contribution in [2.45, 2.75) is 6.92 Å². The van der Waals surface area contributed by atoms with Gasteiger partial charge in [0.05, 0.1) is 0 Å². The molecule has 5 N–H and O–H groups in total. The minimum atomic E-state index is -0.544. The molecule has 54 heavy (non-hydrogen) atoms. The van der Waals surface area contributed by atoms with Crippen LogP contribution in [0, 0.1) is 6.92 Å². The highest BCUT2D eigenvalue weighted by atomic mass is 16.5. The van der Waals surface area contributed by atoms with E-state index >= 15 is 0 Å². The topological polar surface area (TPSA) is 173 Å². The number of carbonyl (C=O) groups is 1. The number of ether oxygens (including phenoxy) is 2. The number of nitrogens with zero attached hydrogens (tertiary/aromatic N) is 6. The first-order chi connectivity index (χ1) is 26.4. The van der Waals surface area contributed by atoms with Gasteiger partial charge in [-0.25, -0.2) is 4.79 Å². The minimum absolute atomic E-state index is 0.124. The van der Waals surface area contributed by atoms with Crippen molar-refractivity contribution in [3.8, 4) is 17.5 Å². The average molecular weight is 716 g/mol. The summed E-state index contributed by atoms with van der Waals surface area (Å²) in [5.74, 6) is 1.90. The van der Waals surface area contributed by atoms with Gasteiger partial charge in [-0.3, -0.25) is 0 Å². The molecule has 0 fully saturated rings. The first kappa shape index (κ1) is 34.6. The number of nitrogens with one attached hydrogen (secondary N) is 5. The lowest BCUT2D eigenvalue weighted by molar-refractivity contribution is -0.128. The molecule has 14 heteroatoms. The van der Waals surface area contributed by atoms with Crippen LogP contribution in [0.25, 0.3) is 0 Å². The average Bonchev–Trinajstić information content (AvgIpc) is 3.18. The summed E-state index contributed by atoms with van der Waals surface area (Å²) in [7, 11) is 0. The Morgan fingerprint density at radius 2 is 0.833 bits per heavy atom. The zero-order valence-corrected chi connectivity index (χ0v) is 28.9. The van der Waals surface area contributed by atoms with E-state index in [0.29, 0.717) is 40.5 Å². The fourth-order valence-electron chi connectivity index (χ4n) is 4.86. The van der Waals surface area contributed by atoms with Crippen molar-refractivity contribution in [3.05, 3.63) is 152 Å². The molecule has 0 aliphatic carbocycles. The highest BCUT2D eigenvalue weighted by Gasteiger charge is 2.12. The molecular weight excluding hydrogens is 683 g/mol. The second-order valence-corrected chi connectivity index (χ2v) is 11.6. The van der Waals surface area contributed by atoms with Crippen molar-refractivity contribution in [1.29, 1.82) is 0 Å². The smallest absolute Gasteiger partial charge is 0.335 e. The molecule has 5 aromatic carbocycles. The summed E-state index contributed by atoms with van der Waals surface area (Å²) in [5.41, 5.74) is 4.82. The van der Waals surface area contributed by atoms with Gasteiger partial charge in [0.2, 0.25) is 29.7 Å². The Morgan fingerprint density at radius 3 is 1.24 bits per heavy atom. The Kier molecular flexibility index (Phi) is 10.5. The van der Waals surface area contributed by atoms with Gasteiger partial charge in [0, 0.05) is 34.5 Å². The molecule has 0 saturated heterocycles. The Balaban J connectivity index is 1.09. The summed E-state index contributed by atoms with van der Waals surface area (Å²) in [6.45, 7) is 5.43. The van der Waals surface area contributed by atoms with E-state index in [0.717, 1.165) is 23.0 Å². The fraction of sp³-hybridized carbons (Fsp3) is 0.0250. The second kappa shape index (κ2) is 16.4. The van der Waals surface area contributed by atoms with Gasteiger partial charge in [0.1, 0.15) is 11.5 Å². The van der Waals surface area contributed by atoms with E-state index in [4.69, 9.17) is 9.47 Å². The number of esters is 1. The van der Waals surface area contributed by atoms with E-state index in [-0.39, 0.29) is 23.9 Å². The largest absolute Gasteiger partial charge is 0.424 e. The van der Waals surface area contributed by atoms with Crippen molar-refractivity contribution < 1.29 is 14.3 Å². The van der Waals surface area contributed by atoms with Gasteiger partial charge in [0.25, 0.3) is 0 Å². The number of hydrogen-bond acceptors (Lipinski definition) is 14. The maximum Gasteiger partial charge on any atom is 0.335 e. The maximum absolute atomic E-state index is 11.6. The lowest BCUT2D eigenvalue weighted by Crippen LogP contribution is -2.07. The highest BCUT2D eigenvalue weighted by Crippen LogP contribution is 2.26. The SMILES string of the molecule is C=CC(=O)Oc1ccc(Nc2nc(Nc3ccccc3)nc(Nc3ccc(Nc4nc(Nc5ccccc5)nc(Oc5ccc(C)cc5)n4)cc3)n2)cc1. The maximum atomic E-state index is 11.6. The van der Waals surface area contributed by atoms with E-state index in [9.17, 15) is 4.79 Å². The standard InChI is InChI=1S/C40H33N11O3/c1-3-34(52)53-32-24-20-31(21-25-32)44-37-47-35(41-27-10-6-4-7-11-27)46-36(48-37)43-29-16-18-30(19-17-29)45-39-49-38(42-28-12-8-5-9-13-28)50-40(51-39)54-33-22-14-26(2)15-23-33/h3-25H,1H2,2H3,(H2,42,45,49,50,51)(H3,41,43,44,46,47,48). The predicted molar refractivity (Wildman–Crippen MR) is 209 cm³/mol. The molecule has 0 bridgehead atoms. The molecule has 0 atom stereocenters. The van der Waals surface area contributed by atoms with Gasteiger partial charge >= 0.3 is 12.0 Å². The van der Waals surface area contributed by atoms with Crippen LogP contribution in [0.2, 0.25) is 0 Å². The third kappa shape index (κ3) is 9.67. The van der Waals surface area contributed by atoms with Crippen LogP contribution in [0.5, 0.6) is 17.5 Å². The summed E-state index contributed by atoms with van der Waals surface area (Å²) in [6, 6.07) is 41.1. The Morgan fingerprint density at radius 1 is 0.481 bits per heavy atom. The van der Waals surface area contributed by atoms with Crippen LogP contribution in [-0.4, -0.2) is 35.9 Å². The van der Waals surface area contributed by atoms with E-state index < -0.39 is 5.97 Å². The monoisotopic (exact) mass is 715 g/mol. The van der Waals surface area contributed by atoms with E-state index in [1.54, 1.807) is 24.3 Å². The zero-order chi connectivity index (χ0) is 37.1. The zero-order valence-electron chi connectivity index (χ0n) is 28.9. The lowest BCUT2D eigenvalue weighted by atomic mass is 10.2. The van der Waals surface area contributed by atoms with Crippen LogP contribution in [0.3, 0.4) is 0 Å². The number of aromatic nitrogens is 6. The Hall–Kier alpha value is -7.87. The Labute approximate surface area is 310 Å². The fourth-order valence-corrected chi connectivity index (χ4v) is 4.86. The van der Waals surface area contributed by atoms with Gasteiger partial charge in [-0.05, 0) is 91.9 Å². The lowest BCUT2D eigenvalue weighted by Gasteiger charge is -2.13. The third-order valence-electron chi connectivity index (χ3n) is 7.43. The molecule has 7 aromatic rings. The molecule has 0 radical (unpaired) electrons. The minimum Gasteiger partial charge on any atom is -0.424 e. The molecule has 2 heterocycles. The number of benzene rings is 5. The van der Waals surface area contributed by atoms with Gasteiger partial charge in [-0.2, -0.15) is 29.9 Å². The van der Waals surface area contributed by atoms with Crippen molar-refractivity contribution in [2.75, 3.05) is 26.6 Å². The van der Waals surface area contributed by atoms with Crippen LogP contribution in [0.1, 0.15) is 5.56 Å². The molecule has 0 unspecified atom stereocenters. The molecule has 0 aliphatic heterocycles. The normalized spacial score (nSPS) is 10.5. The predicted octanol–water partition coefficient (Wildman–Crippen LogP) is 8.97. The van der Waals surface area contributed by atoms with Crippen LogP contribution in [0.4, 0.5) is 58.2 Å². The van der Waals surface area contributed by atoms with Gasteiger partial charge in [-0.1, -0.05) is 60.7 Å². The van der Waals surface area contributed by atoms with E-state index in [1.165, 1.54) is 0 Å². The van der Waals surface area contributed by atoms with Crippen LogP contribution in [0.15, 0.2) is 146 Å². The van der Waals surface area contributed by atoms with E-state index in [2.05, 4.69) is 63.1 Å². The molecule has 7 rings (SSSR count). The van der Waals surface area contributed by atoms with Crippen molar-refractivity contribution in [1.82, 2.24) is 29.9 Å². The molecular formula is C40H33N11O3. The summed E-state index contributed by atoms with van der Waals surface area (Å²) in [6.07, 6.45) is 1.10.